The molecule has 0 unspecified atom stereocenters. The fraction of sp³-hybridized carbons (Fsp3) is 0.318. The van der Waals surface area contributed by atoms with Crippen molar-refractivity contribution in [3.8, 4) is 0 Å². The first kappa shape index (κ1) is 18.2. The van der Waals surface area contributed by atoms with Crippen molar-refractivity contribution in [2.45, 2.75) is 31.6 Å². The first-order valence-electron chi connectivity index (χ1n) is 9.67. The van der Waals surface area contributed by atoms with Crippen molar-refractivity contribution in [2.24, 2.45) is 0 Å². The summed E-state index contributed by atoms with van der Waals surface area (Å²) in [5.41, 5.74) is 4.43. The van der Waals surface area contributed by atoms with Gasteiger partial charge in [0.1, 0.15) is 0 Å². The molecule has 0 radical (unpaired) electrons. The van der Waals surface area contributed by atoms with Crippen LogP contribution in [0.5, 0.6) is 0 Å². The summed E-state index contributed by atoms with van der Waals surface area (Å²) < 4.78 is 0. The van der Waals surface area contributed by atoms with Crippen LogP contribution in [0.1, 0.15) is 42.0 Å². The zero-order valence-electron chi connectivity index (χ0n) is 15.8. The third-order valence-electron chi connectivity index (χ3n) is 5.27. The molecule has 1 aliphatic carbocycles. The molecule has 1 fully saturated rings. The maximum absolute atomic E-state index is 12.3. The van der Waals surface area contributed by atoms with E-state index in [-0.39, 0.29) is 11.8 Å². The van der Waals surface area contributed by atoms with E-state index in [0.717, 1.165) is 23.2 Å². The van der Waals surface area contributed by atoms with Gasteiger partial charge in [-0.3, -0.25) is 14.7 Å². The monoisotopic (exact) mass is 376 g/mol. The molecule has 6 heteroatoms. The van der Waals surface area contributed by atoms with Gasteiger partial charge >= 0.3 is 0 Å². The molecule has 0 saturated heterocycles. The summed E-state index contributed by atoms with van der Waals surface area (Å²) in [6.07, 6.45) is 6.96. The molecule has 6 nitrogen and oxygen atoms in total. The number of hydrogen-bond donors (Lipinski definition) is 2. The van der Waals surface area contributed by atoms with Crippen molar-refractivity contribution in [3.63, 3.8) is 0 Å². The second-order valence-electron chi connectivity index (χ2n) is 7.37. The Kier molecular flexibility index (Phi) is 5.10. The Hall–Kier alpha value is -3.15. The summed E-state index contributed by atoms with van der Waals surface area (Å²) in [4.78, 5) is 25.7. The standard InChI is InChI=1S/C22H24N4O2/c1-2-22(28)26-11-9-17(10-12-26)16-5-3-15(4-6-16)13-21(27)23-20-14-19(24-25-20)18-7-8-18/h2-6,9,14,18H,1,7-8,10-13H2,(H2,23,24,25,27). The minimum Gasteiger partial charge on any atom is -0.335 e. The highest BCUT2D eigenvalue weighted by Crippen LogP contribution is 2.39. The van der Waals surface area contributed by atoms with Gasteiger partial charge in [-0.15, -0.1) is 0 Å². The lowest BCUT2D eigenvalue weighted by atomic mass is 9.97. The lowest BCUT2D eigenvalue weighted by Gasteiger charge is -2.25. The van der Waals surface area contributed by atoms with Crippen LogP contribution in [0.4, 0.5) is 5.82 Å². The summed E-state index contributed by atoms with van der Waals surface area (Å²) in [7, 11) is 0. The van der Waals surface area contributed by atoms with Crippen LogP contribution in [-0.2, 0) is 16.0 Å². The van der Waals surface area contributed by atoms with Crippen molar-refractivity contribution < 1.29 is 9.59 Å². The van der Waals surface area contributed by atoms with Gasteiger partial charge in [-0.25, -0.2) is 0 Å². The highest BCUT2D eigenvalue weighted by Gasteiger charge is 2.25. The SMILES string of the molecule is C=CC(=O)N1CC=C(c2ccc(CC(=O)Nc3cc(C4CC4)[nH]n3)cc2)CC1. The molecular formula is C22H24N4O2. The third kappa shape index (κ3) is 4.22. The van der Waals surface area contributed by atoms with Crippen molar-refractivity contribution in [3.05, 3.63) is 65.9 Å². The molecule has 1 saturated carbocycles. The summed E-state index contributed by atoms with van der Waals surface area (Å²) in [5, 5.41) is 10.0. The Morgan fingerprint density at radius 2 is 2.07 bits per heavy atom. The molecule has 2 amide bonds. The number of nitrogens with one attached hydrogen (secondary N) is 2. The normalized spacial score (nSPS) is 16.4. The summed E-state index contributed by atoms with van der Waals surface area (Å²) >= 11 is 0. The number of carbonyl (C=O) groups excluding carboxylic acids is 2. The number of anilines is 1. The first-order valence-corrected chi connectivity index (χ1v) is 9.67. The van der Waals surface area contributed by atoms with E-state index >= 15 is 0 Å². The van der Waals surface area contributed by atoms with Crippen LogP contribution >= 0.6 is 0 Å². The van der Waals surface area contributed by atoms with Gasteiger partial charge in [0.2, 0.25) is 11.8 Å². The van der Waals surface area contributed by atoms with Crippen LogP contribution in [0, 0.1) is 0 Å². The van der Waals surface area contributed by atoms with Gasteiger partial charge in [-0.1, -0.05) is 36.9 Å². The minimum atomic E-state index is -0.0722. The quantitative estimate of drug-likeness (QED) is 0.760. The lowest BCUT2D eigenvalue weighted by molar-refractivity contribution is -0.125. The molecule has 2 aliphatic rings. The summed E-state index contributed by atoms with van der Waals surface area (Å²) in [6, 6.07) is 9.97. The summed E-state index contributed by atoms with van der Waals surface area (Å²) in [6.45, 7) is 4.84. The number of aromatic amines is 1. The molecule has 0 atom stereocenters. The van der Waals surface area contributed by atoms with E-state index < -0.39 is 0 Å². The van der Waals surface area contributed by atoms with Crippen molar-refractivity contribution >= 4 is 23.2 Å². The minimum absolute atomic E-state index is 0.0298. The molecule has 1 aromatic heterocycles. The number of rotatable bonds is 6. The van der Waals surface area contributed by atoms with Crippen LogP contribution in [-0.4, -0.2) is 40.0 Å². The van der Waals surface area contributed by atoms with Crippen molar-refractivity contribution in [2.75, 3.05) is 18.4 Å². The number of H-pyrrole nitrogens is 1. The average Bonchev–Trinajstić information content (AvgIpc) is 3.47. The van der Waals surface area contributed by atoms with Gasteiger partial charge in [-0.2, -0.15) is 5.10 Å². The summed E-state index contributed by atoms with van der Waals surface area (Å²) in [5.74, 6) is 1.08. The van der Waals surface area contributed by atoms with E-state index in [1.54, 1.807) is 4.90 Å². The fourth-order valence-corrected chi connectivity index (χ4v) is 3.47. The van der Waals surface area contributed by atoms with Gasteiger partial charge in [-0.05, 0) is 42.0 Å². The molecule has 144 valence electrons. The molecule has 0 bridgehead atoms. The Bertz CT molecular complexity index is 922. The topological polar surface area (TPSA) is 78.1 Å². The maximum atomic E-state index is 12.3. The molecule has 1 aromatic carbocycles. The van der Waals surface area contributed by atoms with Crippen molar-refractivity contribution in [1.82, 2.24) is 15.1 Å². The Labute approximate surface area is 164 Å². The van der Waals surface area contributed by atoms with Gasteiger partial charge in [0.15, 0.2) is 5.82 Å². The lowest BCUT2D eigenvalue weighted by Crippen LogP contribution is -2.33. The van der Waals surface area contributed by atoms with Crippen molar-refractivity contribution in [1.29, 1.82) is 0 Å². The Morgan fingerprint density at radius 3 is 2.71 bits per heavy atom. The van der Waals surface area contributed by atoms with Crippen LogP contribution < -0.4 is 5.32 Å². The van der Waals surface area contributed by atoms with Gasteiger partial charge < -0.3 is 10.2 Å². The second kappa shape index (κ2) is 7.84. The first-order chi connectivity index (χ1) is 13.6. The van der Waals surface area contributed by atoms with Gasteiger partial charge in [0.25, 0.3) is 0 Å². The fourth-order valence-electron chi connectivity index (χ4n) is 3.47. The van der Waals surface area contributed by atoms with E-state index in [1.807, 2.05) is 30.3 Å². The molecule has 0 spiro atoms. The zero-order valence-corrected chi connectivity index (χ0v) is 15.8. The Balaban J connectivity index is 1.32. The predicted molar refractivity (Wildman–Crippen MR) is 109 cm³/mol. The molecule has 2 N–H and O–H groups in total. The molecule has 28 heavy (non-hydrogen) atoms. The van der Waals surface area contributed by atoms with Gasteiger partial charge in [0.05, 0.1) is 6.42 Å². The van der Waals surface area contributed by atoms with E-state index in [1.165, 1.54) is 24.5 Å². The van der Waals surface area contributed by atoms with Crippen LogP contribution in [0.3, 0.4) is 0 Å². The number of amides is 2. The molecular weight excluding hydrogens is 352 g/mol. The molecule has 4 rings (SSSR count). The van der Waals surface area contributed by atoms with E-state index in [0.29, 0.717) is 31.2 Å². The molecule has 1 aliphatic heterocycles. The number of hydrogen-bond acceptors (Lipinski definition) is 3. The number of aromatic nitrogens is 2. The largest absolute Gasteiger partial charge is 0.335 e. The third-order valence-corrected chi connectivity index (χ3v) is 5.27. The zero-order chi connectivity index (χ0) is 19.5. The predicted octanol–water partition coefficient (Wildman–Crippen LogP) is 3.27. The van der Waals surface area contributed by atoms with Gasteiger partial charge in [0, 0.05) is 30.8 Å². The molecule has 2 aromatic rings. The second-order valence-corrected chi connectivity index (χ2v) is 7.37. The van der Waals surface area contributed by atoms with Crippen LogP contribution in [0.2, 0.25) is 0 Å². The van der Waals surface area contributed by atoms with Crippen LogP contribution in [0.15, 0.2) is 49.1 Å². The number of nitrogens with zero attached hydrogens (tertiary/aromatic N) is 2. The maximum Gasteiger partial charge on any atom is 0.246 e. The number of benzene rings is 1. The highest BCUT2D eigenvalue weighted by atomic mass is 16.2. The van der Waals surface area contributed by atoms with E-state index in [9.17, 15) is 9.59 Å². The Morgan fingerprint density at radius 1 is 1.29 bits per heavy atom. The van der Waals surface area contributed by atoms with E-state index in [2.05, 4.69) is 28.2 Å². The smallest absolute Gasteiger partial charge is 0.246 e. The van der Waals surface area contributed by atoms with Crippen LogP contribution in [0.25, 0.3) is 5.57 Å². The van der Waals surface area contributed by atoms with E-state index in [4.69, 9.17) is 0 Å². The molecule has 2 heterocycles. The average molecular weight is 376 g/mol. The number of carbonyl (C=O) groups is 2. The highest BCUT2D eigenvalue weighted by molar-refractivity contribution is 5.91.